The second-order valence-electron chi connectivity index (χ2n) is 3.13. The van der Waals surface area contributed by atoms with Crippen molar-refractivity contribution in [3.63, 3.8) is 0 Å². The lowest BCUT2D eigenvalue weighted by Crippen LogP contribution is -2.33. The van der Waals surface area contributed by atoms with Crippen molar-refractivity contribution in [2.24, 2.45) is 0 Å². The highest BCUT2D eigenvalue weighted by atomic mass is 32.2. The van der Waals surface area contributed by atoms with Crippen molar-refractivity contribution in [1.82, 2.24) is 9.29 Å². The van der Waals surface area contributed by atoms with Gasteiger partial charge in [0.15, 0.2) is 5.25 Å². The molecule has 1 rings (SSSR count). The second kappa shape index (κ2) is 4.96. The van der Waals surface area contributed by atoms with Gasteiger partial charge >= 0.3 is 0 Å². The summed E-state index contributed by atoms with van der Waals surface area (Å²) in [6.45, 7) is 2.21. The van der Waals surface area contributed by atoms with Crippen molar-refractivity contribution in [3.05, 3.63) is 24.5 Å². The molecule has 0 saturated heterocycles. The van der Waals surface area contributed by atoms with E-state index in [4.69, 9.17) is 5.26 Å². The van der Waals surface area contributed by atoms with Crippen LogP contribution < -0.4 is 4.72 Å². The molecule has 0 aromatic carbocycles. The largest absolute Gasteiger partial charge is 0.353 e. The fourth-order valence-electron chi connectivity index (χ4n) is 1.03. The van der Waals surface area contributed by atoms with Gasteiger partial charge in [-0.2, -0.15) is 5.26 Å². The van der Waals surface area contributed by atoms with Crippen LogP contribution in [0.3, 0.4) is 0 Å². The fraction of sp³-hybridized carbons (Fsp3) is 0.444. The summed E-state index contributed by atoms with van der Waals surface area (Å²) >= 11 is 0. The maximum Gasteiger partial charge on any atom is 0.227 e. The van der Waals surface area contributed by atoms with E-state index < -0.39 is 15.3 Å². The minimum Gasteiger partial charge on any atom is -0.353 e. The van der Waals surface area contributed by atoms with Gasteiger partial charge in [0, 0.05) is 25.5 Å². The monoisotopic (exact) mass is 227 g/mol. The summed E-state index contributed by atoms with van der Waals surface area (Å²) in [4.78, 5) is 0. The SMILES string of the molecule is CC(C#N)S(=O)(=O)NCCn1cccc1. The minimum absolute atomic E-state index is 0.295. The van der Waals surface area contributed by atoms with E-state index in [1.165, 1.54) is 6.92 Å². The number of rotatable bonds is 5. The predicted octanol–water partition coefficient (Wildman–Crippen LogP) is 0.320. The lowest BCUT2D eigenvalue weighted by Gasteiger charge is -2.08. The standard InChI is InChI=1S/C9H13N3O2S/c1-9(8-10)15(13,14)11-4-7-12-5-2-3-6-12/h2-3,5-6,9,11H,4,7H2,1H3. The topological polar surface area (TPSA) is 74.9 Å². The highest BCUT2D eigenvalue weighted by Gasteiger charge is 2.18. The van der Waals surface area contributed by atoms with Crippen molar-refractivity contribution in [2.75, 3.05) is 6.54 Å². The van der Waals surface area contributed by atoms with Gasteiger partial charge in [0.1, 0.15) is 0 Å². The summed E-state index contributed by atoms with van der Waals surface area (Å²) in [5, 5.41) is 7.47. The Morgan fingerprint density at radius 2 is 2.07 bits per heavy atom. The van der Waals surface area contributed by atoms with Crippen LogP contribution in [0.5, 0.6) is 0 Å². The van der Waals surface area contributed by atoms with Gasteiger partial charge in [-0.15, -0.1) is 0 Å². The molecule has 1 atom stereocenters. The molecule has 0 aliphatic rings. The maximum absolute atomic E-state index is 11.3. The summed E-state index contributed by atoms with van der Waals surface area (Å²) in [6.07, 6.45) is 3.70. The van der Waals surface area contributed by atoms with Crippen molar-refractivity contribution in [3.8, 4) is 6.07 Å². The third-order valence-corrected chi connectivity index (χ3v) is 3.63. The van der Waals surface area contributed by atoms with Gasteiger partial charge in [-0.3, -0.25) is 0 Å². The molecule has 1 aromatic rings. The van der Waals surface area contributed by atoms with Crippen LogP contribution in [0.25, 0.3) is 0 Å². The molecule has 0 radical (unpaired) electrons. The quantitative estimate of drug-likeness (QED) is 0.787. The molecule has 0 amide bonds. The molecule has 15 heavy (non-hydrogen) atoms. The molecule has 82 valence electrons. The minimum atomic E-state index is -3.49. The van der Waals surface area contributed by atoms with Crippen molar-refractivity contribution < 1.29 is 8.42 Å². The van der Waals surface area contributed by atoms with Gasteiger partial charge in [0.25, 0.3) is 0 Å². The Hall–Kier alpha value is -1.32. The zero-order valence-corrected chi connectivity index (χ0v) is 9.24. The Balaban J connectivity index is 2.42. The first kappa shape index (κ1) is 11.8. The Morgan fingerprint density at radius 1 is 1.47 bits per heavy atom. The van der Waals surface area contributed by atoms with Gasteiger partial charge in [-0.1, -0.05) is 0 Å². The summed E-state index contributed by atoms with van der Waals surface area (Å²) in [6, 6.07) is 5.43. The lowest BCUT2D eigenvalue weighted by molar-refractivity contribution is 0.569. The van der Waals surface area contributed by atoms with Crippen LogP contribution in [0, 0.1) is 11.3 Å². The smallest absolute Gasteiger partial charge is 0.227 e. The van der Waals surface area contributed by atoms with Crippen molar-refractivity contribution in [1.29, 1.82) is 5.26 Å². The summed E-state index contributed by atoms with van der Waals surface area (Å²) < 4.78 is 26.9. The van der Waals surface area contributed by atoms with E-state index in [0.717, 1.165) is 0 Å². The van der Waals surface area contributed by atoms with Gasteiger partial charge in [0.2, 0.25) is 10.0 Å². The van der Waals surface area contributed by atoms with E-state index in [1.54, 1.807) is 6.07 Å². The lowest BCUT2D eigenvalue weighted by atomic mass is 10.5. The number of hydrogen-bond donors (Lipinski definition) is 1. The van der Waals surface area contributed by atoms with Gasteiger partial charge in [-0.25, -0.2) is 13.1 Å². The highest BCUT2D eigenvalue weighted by Crippen LogP contribution is 1.96. The molecular formula is C9H13N3O2S. The Morgan fingerprint density at radius 3 is 2.60 bits per heavy atom. The van der Waals surface area contributed by atoms with E-state index in [1.807, 2.05) is 29.1 Å². The third kappa shape index (κ3) is 3.38. The zero-order valence-electron chi connectivity index (χ0n) is 8.42. The Labute approximate surface area is 89.4 Å². The first-order valence-electron chi connectivity index (χ1n) is 4.55. The first-order valence-corrected chi connectivity index (χ1v) is 6.10. The van der Waals surface area contributed by atoms with Crippen LogP contribution in [0.15, 0.2) is 24.5 Å². The van der Waals surface area contributed by atoms with Gasteiger partial charge in [0.05, 0.1) is 6.07 Å². The number of sulfonamides is 1. The van der Waals surface area contributed by atoms with Crippen LogP contribution in [-0.2, 0) is 16.6 Å². The van der Waals surface area contributed by atoms with Crippen LogP contribution in [-0.4, -0.2) is 24.8 Å². The molecular weight excluding hydrogens is 214 g/mol. The molecule has 0 aliphatic heterocycles. The van der Waals surface area contributed by atoms with Crippen LogP contribution in [0.1, 0.15) is 6.92 Å². The highest BCUT2D eigenvalue weighted by molar-refractivity contribution is 7.90. The Kier molecular flexibility index (Phi) is 3.88. The fourth-order valence-corrected chi connectivity index (χ4v) is 1.80. The second-order valence-corrected chi connectivity index (χ2v) is 5.22. The molecule has 0 saturated carbocycles. The molecule has 0 bridgehead atoms. The van der Waals surface area contributed by atoms with Crippen LogP contribution >= 0.6 is 0 Å². The average Bonchev–Trinajstić information content (AvgIpc) is 2.69. The first-order chi connectivity index (χ1) is 7.06. The van der Waals surface area contributed by atoms with E-state index in [9.17, 15) is 8.42 Å². The van der Waals surface area contributed by atoms with E-state index in [0.29, 0.717) is 13.1 Å². The normalized spacial score (nSPS) is 13.3. The number of hydrogen-bond acceptors (Lipinski definition) is 3. The number of nitriles is 1. The molecule has 1 unspecified atom stereocenters. The number of nitrogens with zero attached hydrogens (tertiary/aromatic N) is 2. The number of aromatic nitrogens is 1. The molecule has 0 fully saturated rings. The maximum atomic E-state index is 11.3. The van der Waals surface area contributed by atoms with Crippen LogP contribution in [0.2, 0.25) is 0 Å². The van der Waals surface area contributed by atoms with E-state index >= 15 is 0 Å². The molecule has 1 aromatic heterocycles. The van der Waals surface area contributed by atoms with Gasteiger partial charge < -0.3 is 4.57 Å². The average molecular weight is 227 g/mol. The molecule has 1 N–H and O–H groups in total. The van der Waals surface area contributed by atoms with Crippen molar-refractivity contribution in [2.45, 2.75) is 18.7 Å². The molecule has 0 spiro atoms. The summed E-state index contributed by atoms with van der Waals surface area (Å²) in [5.74, 6) is 0. The van der Waals surface area contributed by atoms with E-state index in [2.05, 4.69) is 4.72 Å². The zero-order chi connectivity index (χ0) is 11.3. The predicted molar refractivity (Wildman–Crippen MR) is 56.4 cm³/mol. The van der Waals surface area contributed by atoms with Crippen LogP contribution in [0.4, 0.5) is 0 Å². The van der Waals surface area contributed by atoms with Crippen molar-refractivity contribution >= 4 is 10.0 Å². The summed E-state index contributed by atoms with van der Waals surface area (Å²) in [5.41, 5.74) is 0. The molecule has 0 aliphatic carbocycles. The number of nitrogens with one attached hydrogen (secondary N) is 1. The summed E-state index contributed by atoms with van der Waals surface area (Å²) in [7, 11) is -3.49. The van der Waals surface area contributed by atoms with Gasteiger partial charge in [-0.05, 0) is 19.1 Å². The third-order valence-electron chi connectivity index (χ3n) is 1.99. The molecule has 1 heterocycles. The molecule has 6 heteroatoms. The van der Waals surface area contributed by atoms with E-state index in [-0.39, 0.29) is 0 Å². The molecule has 5 nitrogen and oxygen atoms in total. The Bertz CT molecular complexity index is 430.